The third kappa shape index (κ3) is 17.2. The van der Waals surface area contributed by atoms with Crippen molar-refractivity contribution >= 4 is 164 Å². The summed E-state index contributed by atoms with van der Waals surface area (Å²) in [4.78, 5) is 22.5. The average molecular weight is 1790 g/mol. The molecule has 0 amide bonds. The van der Waals surface area contributed by atoms with Crippen molar-refractivity contribution in [3.05, 3.63) is 363 Å². The average Bonchev–Trinajstić information content (AvgIpc) is 1.61. The number of nitrogens with zero attached hydrogens (tertiary/aromatic N) is 10. The second kappa shape index (κ2) is 40.8. The monoisotopic (exact) mass is 1790 g/mol. The molecule has 0 unspecified atom stereocenters. The second-order valence-electron chi connectivity index (χ2n) is 32.2. The van der Waals surface area contributed by atoms with Crippen LogP contribution in [0, 0.1) is 34.6 Å². The number of benzene rings is 10. The molecule has 10 aromatic carbocycles. The first kappa shape index (κ1) is 99.6. The van der Waals surface area contributed by atoms with E-state index in [1.165, 1.54) is 43.8 Å². The zero-order valence-corrected chi connectivity index (χ0v) is 70.8. The van der Waals surface area contributed by atoms with Gasteiger partial charge in [0.2, 0.25) is 34.2 Å². The maximum absolute atomic E-state index is 6.35. The van der Waals surface area contributed by atoms with Crippen LogP contribution in [0.1, 0.15) is 102 Å². The van der Waals surface area contributed by atoms with Crippen molar-refractivity contribution < 1.29 is 44.9 Å². The number of hydrogen-bond acceptors (Lipinski definition) is 10. The molecule has 135 heavy (non-hydrogen) atoms. The van der Waals surface area contributed by atoms with Gasteiger partial charge < -0.3 is 22.1 Å². The van der Waals surface area contributed by atoms with E-state index >= 15 is 0 Å². The number of fused-ring (bicyclic) bond motifs is 25. The quantitative estimate of drug-likeness (QED) is 0.152. The minimum Gasteiger partial charge on any atom is -0.455 e. The Morgan fingerprint density at radius 3 is 1.04 bits per heavy atom. The zero-order valence-electron chi connectivity index (χ0n) is 70.8. The summed E-state index contributed by atoms with van der Waals surface area (Å²) in [5.41, 5.74) is 27.9. The standard InChI is InChI=1S/5C22H17N2O.10CH4/c1-14-8-9-16-21-15-6-5-12-23-17(15)10-11-19(21)25-22(16)20(14)18-7-3-4-13-24(18)2;1-14-20(18-9-5-6-12-24(18)2)22-17(13-23-14)21-16-8-4-3-7-15(16)10-11-19(21)25-22;1-14-10-11-16-21-15-7-3-4-8-17(15)23-13-19(21)25-22(16)20(14)18-9-5-6-12-24(18)2;1-14-10-11-17-20-16-8-4-3-7-15(16)13-23-22(20)25-21(17)19(14)18-9-5-6-12-24(18)2;1-14-6-8-17-21-16-10-11-23-13-15(16)7-9-19(21)25-22(17)20(14)18-5-3-4-12-24(18)2;;;;;;;;;;/h5*3-13H,1-2H3;10*1H4/q5*+1;;;;;;;;;;. The highest BCUT2D eigenvalue weighted by Gasteiger charge is 2.28. The topological polar surface area (TPSA) is 150 Å². The third-order valence-electron chi connectivity index (χ3n) is 24.6. The summed E-state index contributed by atoms with van der Waals surface area (Å²) in [6.07, 6.45) is 21.5. The van der Waals surface area contributed by atoms with Gasteiger partial charge in [0.15, 0.2) is 47.7 Å². The van der Waals surface area contributed by atoms with Gasteiger partial charge in [0.25, 0.3) is 0 Å². The van der Waals surface area contributed by atoms with Gasteiger partial charge in [0, 0.05) is 162 Å². The minimum absolute atomic E-state index is 0. The molecule has 0 radical (unpaired) electrons. The summed E-state index contributed by atoms with van der Waals surface area (Å²) < 4.78 is 42.2. The number of para-hydroxylation sites is 1. The maximum Gasteiger partial charge on any atom is 0.227 e. The van der Waals surface area contributed by atoms with Gasteiger partial charge in [0.05, 0.1) is 50.6 Å². The summed E-state index contributed by atoms with van der Waals surface area (Å²) in [6, 6.07) is 91.9. The van der Waals surface area contributed by atoms with Crippen LogP contribution in [0.2, 0.25) is 0 Å². The van der Waals surface area contributed by atoms with Crippen LogP contribution in [-0.2, 0) is 35.2 Å². The van der Waals surface area contributed by atoms with E-state index in [-0.39, 0.29) is 74.3 Å². The van der Waals surface area contributed by atoms with Crippen molar-refractivity contribution in [1.29, 1.82) is 0 Å². The lowest BCUT2D eigenvalue weighted by atomic mass is 9.99. The number of pyridine rings is 10. The highest BCUT2D eigenvalue weighted by Crippen LogP contribution is 2.46. The Labute approximate surface area is 792 Å². The summed E-state index contributed by atoms with van der Waals surface area (Å²) in [6.45, 7) is 10.6. The van der Waals surface area contributed by atoms with Crippen LogP contribution in [0.25, 0.3) is 220 Å². The van der Waals surface area contributed by atoms with Crippen molar-refractivity contribution in [3.63, 3.8) is 0 Å². The number of aryl methyl sites for hydroxylation is 10. The third-order valence-corrected chi connectivity index (χ3v) is 24.6. The van der Waals surface area contributed by atoms with Crippen LogP contribution in [0.3, 0.4) is 0 Å². The molecule has 15 heterocycles. The van der Waals surface area contributed by atoms with Crippen molar-refractivity contribution in [1.82, 2.24) is 24.9 Å². The van der Waals surface area contributed by atoms with E-state index in [1.54, 1.807) is 0 Å². The smallest absolute Gasteiger partial charge is 0.227 e. The predicted molar refractivity (Wildman–Crippen MR) is 569 cm³/mol. The molecule has 0 N–H and O–H groups in total. The van der Waals surface area contributed by atoms with E-state index in [9.17, 15) is 0 Å². The Bertz CT molecular complexity index is 7510. The predicted octanol–water partition coefficient (Wildman–Crippen LogP) is 31.0. The van der Waals surface area contributed by atoms with Gasteiger partial charge in [0.1, 0.15) is 74.3 Å². The molecule has 0 aliphatic rings. The van der Waals surface area contributed by atoms with Crippen molar-refractivity contribution in [2.75, 3.05) is 0 Å². The number of aromatic nitrogens is 10. The molecule has 0 saturated carbocycles. The molecule has 0 aliphatic carbocycles. The van der Waals surface area contributed by atoms with Crippen LogP contribution in [-0.4, -0.2) is 24.9 Å². The minimum atomic E-state index is 0. The summed E-state index contributed by atoms with van der Waals surface area (Å²) >= 11 is 0. The van der Waals surface area contributed by atoms with Gasteiger partial charge >= 0.3 is 0 Å². The number of rotatable bonds is 5. The Morgan fingerprint density at radius 1 is 0.215 bits per heavy atom. The Balaban J connectivity index is 0.000000159. The van der Waals surface area contributed by atoms with E-state index in [1.807, 2.05) is 136 Å². The van der Waals surface area contributed by atoms with Crippen LogP contribution >= 0.6 is 0 Å². The zero-order chi connectivity index (χ0) is 84.8. The maximum atomic E-state index is 6.35. The molecule has 0 bridgehead atoms. The number of hydrogen-bond donors (Lipinski definition) is 0. The molecular formula is C120H125N10O5+5. The van der Waals surface area contributed by atoms with E-state index in [4.69, 9.17) is 22.1 Å². The van der Waals surface area contributed by atoms with Crippen LogP contribution in [0.15, 0.2) is 357 Å². The van der Waals surface area contributed by atoms with Crippen LogP contribution in [0.4, 0.5) is 0 Å². The molecule has 25 aromatic rings. The Kier molecular flexibility index (Phi) is 30.1. The first-order valence-electron chi connectivity index (χ1n) is 41.9. The molecule has 0 saturated heterocycles. The summed E-state index contributed by atoms with van der Waals surface area (Å²) in [5.74, 6) is 0. The Morgan fingerprint density at radius 2 is 0.556 bits per heavy atom. The normalized spacial score (nSPS) is 10.7. The molecule has 0 aliphatic heterocycles. The van der Waals surface area contributed by atoms with E-state index < -0.39 is 0 Å². The first-order chi connectivity index (χ1) is 61.2. The molecule has 25 rings (SSSR count). The molecule has 15 aromatic heterocycles. The second-order valence-corrected chi connectivity index (χ2v) is 32.2. The van der Waals surface area contributed by atoms with Gasteiger partial charge in [-0.15, -0.1) is 0 Å². The fraction of sp³-hybridized carbons (Fsp3) is 0.167. The Hall–Kier alpha value is -16.0. The van der Waals surface area contributed by atoms with Crippen molar-refractivity contribution in [2.24, 2.45) is 35.2 Å². The highest BCUT2D eigenvalue weighted by molar-refractivity contribution is 6.25. The van der Waals surface area contributed by atoms with Gasteiger partial charge in [-0.05, 0) is 157 Å². The van der Waals surface area contributed by atoms with Gasteiger partial charge in [-0.3, -0.25) is 19.9 Å². The van der Waals surface area contributed by atoms with Crippen molar-refractivity contribution in [2.45, 2.75) is 109 Å². The van der Waals surface area contributed by atoms with E-state index in [2.05, 4.69) is 316 Å². The lowest BCUT2D eigenvalue weighted by Gasteiger charge is -2.05. The van der Waals surface area contributed by atoms with Gasteiger partial charge in [-0.2, -0.15) is 0 Å². The molecule has 15 heteroatoms. The van der Waals surface area contributed by atoms with E-state index in [0.717, 1.165) is 199 Å². The van der Waals surface area contributed by atoms with Crippen LogP contribution < -0.4 is 22.8 Å². The first-order valence-corrected chi connectivity index (χ1v) is 41.9. The fourth-order valence-corrected chi connectivity index (χ4v) is 18.4. The van der Waals surface area contributed by atoms with Crippen molar-refractivity contribution in [3.8, 4) is 56.3 Å². The molecule has 0 atom stereocenters. The molecular weight excluding hydrogens is 1660 g/mol. The van der Waals surface area contributed by atoms with Gasteiger partial charge in [-0.1, -0.05) is 202 Å². The van der Waals surface area contributed by atoms with E-state index in [0.29, 0.717) is 5.71 Å². The van der Waals surface area contributed by atoms with Gasteiger partial charge in [-0.25, -0.2) is 27.8 Å². The molecule has 0 fully saturated rings. The molecule has 15 nitrogen and oxygen atoms in total. The highest BCUT2D eigenvalue weighted by atomic mass is 16.3. The summed E-state index contributed by atoms with van der Waals surface area (Å²) in [7, 11) is 10.3. The summed E-state index contributed by atoms with van der Waals surface area (Å²) in [5, 5.41) is 20.6. The lowest BCUT2D eigenvalue weighted by molar-refractivity contribution is -0.660. The lowest BCUT2D eigenvalue weighted by Crippen LogP contribution is -2.30. The SMILES string of the molecule is C.C.C.C.C.C.C.C.C.C.Cc1ccc2c(oc3ccc4cnccc4c32)c1-c1cccc[n+]1C.Cc1ccc2c(oc3ccc4ncccc4c32)c1-c1cccc[n+]1C.Cc1ccc2c(oc3cnc4ccccc4c32)c1-c1cccc[n+]1C.Cc1ccc2c(oc3ncc4ccccc4c32)c1-c1cccc[n+]1C.Cc1ncc2c(oc3ccc4ccccc4c32)c1-c1cccc[n+]1C. The largest absolute Gasteiger partial charge is 0.455 e. The molecule has 0 spiro atoms. The number of furan rings is 5. The van der Waals surface area contributed by atoms with Crippen LogP contribution in [0.5, 0.6) is 0 Å². The fourth-order valence-electron chi connectivity index (χ4n) is 18.4. The molecule has 680 valence electrons.